The number of nitriles is 1. The van der Waals surface area contributed by atoms with Crippen molar-refractivity contribution in [3.63, 3.8) is 0 Å². The van der Waals surface area contributed by atoms with Crippen molar-refractivity contribution in [3.8, 4) is 23.7 Å². The van der Waals surface area contributed by atoms with Crippen molar-refractivity contribution in [1.29, 1.82) is 5.26 Å². The van der Waals surface area contributed by atoms with Crippen molar-refractivity contribution >= 4 is 65.4 Å². The summed E-state index contributed by atoms with van der Waals surface area (Å²) in [5, 5.41) is 18.0. The number of para-hydroxylation sites is 4. The molecular weight excluding hydrogens is 673 g/mol. The first-order chi connectivity index (χ1) is 26.5. The smallest absolute Gasteiger partial charge is 0.238 e. The monoisotopic (exact) mass is 712 g/mol. The van der Waals surface area contributed by atoms with E-state index in [2.05, 4.69) is 171 Å². The molecule has 0 fully saturated rings. The number of hydrogen-bond donors (Lipinski definition) is 0. The van der Waals surface area contributed by atoms with E-state index in [1.807, 2.05) is 24.3 Å². The minimum atomic E-state index is -0.0391. The van der Waals surface area contributed by atoms with Crippen molar-refractivity contribution in [2.24, 2.45) is 0 Å². The highest BCUT2D eigenvalue weighted by molar-refractivity contribution is 6.12. The summed E-state index contributed by atoms with van der Waals surface area (Å²) in [5.74, 6) is 1.57. The Kier molecular flexibility index (Phi) is 6.97. The highest BCUT2D eigenvalue weighted by atomic mass is 15.2. The van der Waals surface area contributed by atoms with E-state index in [9.17, 15) is 5.26 Å². The van der Waals surface area contributed by atoms with Crippen LogP contribution in [0.4, 0.5) is 0 Å². The molecule has 0 aliphatic rings. The Morgan fingerprint density at radius 2 is 0.745 bits per heavy atom. The van der Waals surface area contributed by atoms with Crippen LogP contribution in [0.3, 0.4) is 0 Å². The molecule has 0 spiro atoms. The fourth-order valence-electron chi connectivity index (χ4n) is 8.42. The van der Waals surface area contributed by atoms with E-state index in [4.69, 9.17) is 9.97 Å². The summed E-state index contributed by atoms with van der Waals surface area (Å²) in [7, 11) is 0. The van der Waals surface area contributed by atoms with E-state index in [1.165, 1.54) is 11.1 Å². The molecule has 0 radical (unpaired) electrons. The Balaban J connectivity index is 1.40. The number of nitrogens with zero attached hydrogens (tertiary/aromatic N) is 6. The molecule has 10 rings (SSSR count). The van der Waals surface area contributed by atoms with Crippen LogP contribution in [-0.4, -0.2) is 23.7 Å². The van der Waals surface area contributed by atoms with Crippen LogP contribution < -0.4 is 0 Å². The van der Waals surface area contributed by atoms with Crippen LogP contribution in [0, 0.1) is 11.3 Å². The molecule has 10 aromatic rings. The van der Waals surface area contributed by atoms with Gasteiger partial charge >= 0.3 is 0 Å². The van der Waals surface area contributed by atoms with Gasteiger partial charge in [0.1, 0.15) is 11.6 Å². The zero-order valence-corrected chi connectivity index (χ0v) is 31.9. The van der Waals surface area contributed by atoms with E-state index in [0.717, 1.165) is 65.4 Å². The number of rotatable bonds is 3. The van der Waals surface area contributed by atoms with Crippen LogP contribution >= 0.6 is 0 Å². The third-order valence-corrected chi connectivity index (χ3v) is 11.3. The first-order valence-electron chi connectivity index (χ1n) is 18.9. The first-order valence-corrected chi connectivity index (χ1v) is 18.9. The molecule has 0 atom stereocenters. The second-order valence-electron chi connectivity index (χ2n) is 16.7. The maximum absolute atomic E-state index is 11.3. The molecule has 0 aliphatic carbocycles. The van der Waals surface area contributed by atoms with Crippen LogP contribution in [-0.2, 0) is 10.8 Å². The standard InChI is InChI=1S/C49H40N6/c1-48(2,3)30-23-25-43-36(27-30)37-28-31(49(4,5)6)24-26-44(37)55(43)47-51-45(53-39-19-11-7-15-32(39)33-16-8-12-20-40(33)53)38(29-50)46(52-47)54-41-21-13-9-17-34(41)35-18-10-14-22-42(35)54/h7-28H,1-6H3. The third-order valence-electron chi connectivity index (χ3n) is 11.3. The number of hydrogen-bond acceptors (Lipinski definition) is 3. The largest absolute Gasteiger partial charge is 0.292 e. The summed E-state index contributed by atoms with van der Waals surface area (Å²) in [6.45, 7) is 13.5. The van der Waals surface area contributed by atoms with Gasteiger partial charge in [0.05, 0.1) is 33.1 Å². The van der Waals surface area contributed by atoms with Crippen molar-refractivity contribution in [2.45, 2.75) is 52.4 Å². The van der Waals surface area contributed by atoms with Crippen LogP contribution in [0.1, 0.15) is 58.2 Å². The lowest BCUT2D eigenvalue weighted by atomic mass is 9.85. The van der Waals surface area contributed by atoms with E-state index in [0.29, 0.717) is 23.1 Å². The van der Waals surface area contributed by atoms with Gasteiger partial charge in [0.25, 0.3) is 0 Å². The summed E-state index contributed by atoms with van der Waals surface area (Å²) in [6, 6.07) is 49.7. The molecule has 55 heavy (non-hydrogen) atoms. The Bertz CT molecular complexity index is 2930. The fourth-order valence-corrected chi connectivity index (χ4v) is 8.42. The predicted molar refractivity (Wildman–Crippen MR) is 227 cm³/mol. The number of benzene rings is 6. The van der Waals surface area contributed by atoms with Crippen molar-refractivity contribution in [2.75, 3.05) is 0 Å². The van der Waals surface area contributed by atoms with E-state index in [1.54, 1.807) is 0 Å². The molecule has 6 heteroatoms. The Hall–Kier alpha value is -6.71. The number of fused-ring (bicyclic) bond motifs is 9. The Morgan fingerprint density at radius 3 is 1.07 bits per heavy atom. The maximum Gasteiger partial charge on any atom is 0.238 e. The quantitative estimate of drug-likeness (QED) is 0.183. The molecule has 0 unspecified atom stereocenters. The average Bonchev–Trinajstić information content (AvgIpc) is 3.82. The summed E-state index contributed by atoms with van der Waals surface area (Å²) >= 11 is 0. The van der Waals surface area contributed by atoms with Crippen LogP contribution in [0.25, 0.3) is 83.0 Å². The van der Waals surface area contributed by atoms with Crippen LogP contribution in [0.15, 0.2) is 133 Å². The van der Waals surface area contributed by atoms with Crippen molar-refractivity contribution in [1.82, 2.24) is 23.7 Å². The molecule has 0 saturated carbocycles. The number of aromatic nitrogens is 5. The van der Waals surface area contributed by atoms with Gasteiger partial charge in [0.2, 0.25) is 5.95 Å². The predicted octanol–water partition coefficient (Wildman–Crippen LogP) is 12.2. The van der Waals surface area contributed by atoms with Crippen LogP contribution in [0.2, 0.25) is 0 Å². The molecule has 4 aromatic heterocycles. The highest BCUT2D eigenvalue weighted by Gasteiger charge is 2.27. The average molecular weight is 713 g/mol. The highest BCUT2D eigenvalue weighted by Crippen LogP contribution is 2.40. The minimum Gasteiger partial charge on any atom is -0.292 e. The van der Waals surface area contributed by atoms with Gasteiger partial charge in [-0.3, -0.25) is 13.7 Å². The van der Waals surface area contributed by atoms with Crippen molar-refractivity contribution in [3.05, 3.63) is 150 Å². The van der Waals surface area contributed by atoms with Gasteiger partial charge in [-0.1, -0.05) is 126 Å². The zero-order chi connectivity index (χ0) is 37.8. The van der Waals surface area contributed by atoms with Crippen LogP contribution in [0.5, 0.6) is 0 Å². The van der Waals surface area contributed by atoms with E-state index >= 15 is 0 Å². The van der Waals surface area contributed by atoms with Crippen molar-refractivity contribution < 1.29 is 0 Å². The van der Waals surface area contributed by atoms with Gasteiger partial charge in [-0.2, -0.15) is 15.2 Å². The molecule has 6 nitrogen and oxygen atoms in total. The lowest BCUT2D eigenvalue weighted by Gasteiger charge is -2.19. The normalized spacial score (nSPS) is 12.5. The molecule has 266 valence electrons. The summed E-state index contributed by atoms with van der Waals surface area (Å²) in [6.07, 6.45) is 0. The molecular formula is C49H40N6. The summed E-state index contributed by atoms with van der Waals surface area (Å²) < 4.78 is 6.49. The fraction of sp³-hybridized carbons (Fsp3) is 0.163. The van der Waals surface area contributed by atoms with Gasteiger partial charge < -0.3 is 0 Å². The molecule has 4 heterocycles. The Morgan fingerprint density at radius 1 is 0.418 bits per heavy atom. The minimum absolute atomic E-state index is 0.0391. The second kappa shape index (κ2) is 11.6. The first kappa shape index (κ1) is 32.9. The Labute approximate surface area is 319 Å². The van der Waals surface area contributed by atoms with Gasteiger partial charge in [-0.15, -0.1) is 0 Å². The van der Waals surface area contributed by atoms with E-state index in [-0.39, 0.29) is 10.8 Å². The van der Waals surface area contributed by atoms with Gasteiger partial charge in [-0.05, 0) is 70.5 Å². The maximum atomic E-state index is 11.3. The molecule has 0 amide bonds. The SMILES string of the molecule is CC(C)(C)c1ccc2c(c1)c1cc(C(C)(C)C)ccc1n2-c1nc(-n2c3ccccc3c3ccccc32)c(C#N)c(-n2c3ccccc3c3ccccc32)n1. The zero-order valence-electron chi connectivity index (χ0n) is 31.9. The second-order valence-corrected chi connectivity index (χ2v) is 16.7. The van der Waals surface area contributed by atoms with Gasteiger partial charge in [0.15, 0.2) is 11.6 Å². The van der Waals surface area contributed by atoms with Gasteiger partial charge in [-0.25, -0.2) is 0 Å². The molecule has 0 aliphatic heterocycles. The van der Waals surface area contributed by atoms with E-state index < -0.39 is 0 Å². The summed E-state index contributed by atoms with van der Waals surface area (Å²) in [5.41, 5.74) is 8.78. The lowest BCUT2D eigenvalue weighted by Crippen LogP contribution is -2.14. The topological polar surface area (TPSA) is 64.4 Å². The molecule has 6 aromatic carbocycles. The lowest BCUT2D eigenvalue weighted by molar-refractivity contribution is 0.590. The molecule has 0 saturated heterocycles. The summed E-state index contributed by atoms with van der Waals surface area (Å²) in [4.78, 5) is 11.0. The molecule has 0 N–H and O–H groups in total. The van der Waals surface area contributed by atoms with Gasteiger partial charge in [0, 0.05) is 32.3 Å². The third kappa shape index (κ3) is 4.86. The molecule has 0 bridgehead atoms.